The van der Waals surface area contributed by atoms with E-state index in [1.54, 1.807) is 12.1 Å². The highest BCUT2D eigenvalue weighted by Gasteiger charge is 2.26. The predicted octanol–water partition coefficient (Wildman–Crippen LogP) is 3.70. The number of sulfonamides is 1. The quantitative estimate of drug-likeness (QED) is 0.484. The molecular weight excluding hydrogens is 464 g/mol. The van der Waals surface area contributed by atoms with Crippen molar-refractivity contribution in [2.75, 3.05) is 6.54 Å². The molecule has 5 nitrogen and oxygen atoms in total. The first-order chi connectivity index (χ1) is 14.4. The zero-order chi connectivity index (χ0) is 21.4. The molecule has 1 unspecified atom stereocenters. The zero-order valence-electron chi connectivity index (χ0n) is 16.3. The Morgan fingerprint density at radius 2 is 1.40 bits per heavy atom. The number of carbonyl (C=O) groups excluding carboxylic acids is 1. The van der Waals surface area contributed by atoms with Gasteiger partial charge >= 0.3 is 0 Å². The lowest BCUT2D eigenvalue weighted by Crippen LogP contribution is -2.48. The largest absolute Gasteiger partial charge is 0.354 e. The molecule has 0 spiro atoms. The summed E-state index contributed by atoms with van der Waals surface area (Å²) < 4.78 is 29.0. The third-order valence-corrected chi connectivity index (χ3v) is 6.59. The third-order valence-electron chi connectivity index (χ3n) is 4.58. The van der Waals surface area contributed by atoms with Gasteiger partial charge in [0.2, 0.25) is 15.9 Å². The number of benzene rings is 3. The van der Waals surface area contributed by atoms with Crippen molar-refractivity contribution in [1.29, 1.82) is 0 Å². The number of hydrogen-bond acceptors (Lipinski definition) is 3. The van der Waals surface area contributed by atoms with E-state index in [4.69, 9.17) is 0 Å². The maximum absolute atomic E-state index is 12.9. The van der Waals surface area contributed by atoms with Gasteiger partial charge in [0.25, 0.3) is 0 Å². The lowest BCUT2D eigenvalue weighted by molar-refractivity contribution is -0.122. The first kappa shape index (κ1) is 22.2. The second-order valence-electron chi connectivity index (χ2n) is 6.84. The molecule has 3 rings (SSSR count). The molecule has 0 fully saturated rings. The second-order valence-corrected chi connectivity index (χ2v) is 9.47. The molecule has 1 amide bonds. The minimum Gasteiger partial charge on any atom is -0.354 e. The Hall–Kier alpha value is -2.48. The van der Waals surface area contributed by atoms with Crippen molar-refractivity contribution < 1.29 is 13.2 Å². The van der Waals surface area contributed by atoms with Crippen molar-refractivity contribution in [3.8, 4) is 0 Å². The molecule has 0 aliphatic rings. The SMILES string of the molecule is O=C(NCCc1ccccc1)C(Cc1ccccc1)NS(=O)(=O)c1ccc(Br)cc1. The molecule has 3 aromatic rings. The summed E-state index contributed by atoms with van der Waals surface area (Å²) in [4.78, 5) is 13.0. The summed E-state index contributed by atoms with van der Waals surface area (Å²) in [6.45, 7) is 0.425. The van der Waals surface area contributed by atoms with E-state index in [0.717, 1.165) is 15.6 Å². The molecule has 0 heterocycles. The van der Waals surface area contributed by atoms with Gasteiger partial charge < -0.3 is 5.32 Å². The second kappa shape index (κ2) is 10.5. The summed E-state index contributed by atoms with van der Waals surface area (Å²) >= 11 is 3.30. The van der Waals surface area contributed by atoms with Gasteiger partial charge in [0.1, 0.15) is 6.04 Å². The molecule has 156 valence electrons. The van der Waals surface area contributed by atoms with Gasteiger partial charge in [-0.1, -0.05) is 76.6 Å². The number of halogens is 1. The molecule has 0 saturated heterocycles. The fraction of sp³-hybridized carbons (Fsp3) is 0.174. The highest BCUT2D eigenvalue weighted by molar-refractivity contribution is 9.10. The Balaban J connectivity index is 1.72. The average molecular weight is 487 g/mol. The van der Waals surface area contributed by atoms with Gasteiger partial charge in [0.05, 0.1) is 4.90 Å². The van der Waals surface area contributed by atoms with Gasteiger partial charge in [-0.25, -0.2) is 8.42 Å². The monoisotopic (exact) mass is 486 g/mol. The van der Waals surface area contributed by atoms with Crippen molar-refractivity contribution in [3.05, 3.63) is 101 Å². The molecule has 1 atom stereocenters. The van der Waals surface area contributed by atoms with Crippen LogP contribution in [0.15, 0.2) is 94.3 Å². The average Bonchev–Trinajstić information content (AvgIpc) is 2.75. The van der Waals surface area contributed by atoms with Crippen molar-refractivity contribution in [3.63, 3.8) is 0 Å². The Kier molecular flexibility index (Phi) is 7.79. The first-order valence-electron chi connectivity index (χ1n) is 9.57. The van der Waals surface area contributed by atoms with Gasteiger partial charge in [-0.2, -0.15) is 4.72 Å². The van der Waals surface area contributed by atoms with Crippen molar-refractivity contribution in [2.45, 2.75) is 23.8 Å². The summed E-state index contributed by atoms with van der Waals surface area (Å²) in [6, 6.07) is 24.6. The molecular formula is C23H23BrN2O3S. The minimum absolute atomic E-state index is 0.112. The number of hydrogen-bond donors (Lipinski definition) is 2. The molecule has 3 aromatic carbocycles. The summed E-state index contributed by atoms with van der Waals surface area (Å²) in [5, 5.41) is 2.86. The standard InChI is InChI=1S/C23H23BrN2O3S/c24-20-11-13-21(14-12-20)30(28,29)26-22(17-19-9-5-2-6-10-19)23(27)25-16-15-18-7-3-1-4-8-18/h1-14,22,26H,15-17H2,(H,25,27). The first-order valence-corrected chi connectivity index (χ1v) is 11.8. The topological polar surface area (TPSA) is 75.3 Å². The van der Waals surface area contributed by atoms with E-state index in [1.807, 2.05) is 60.7 Å². The van der Waals surface area contributed by atoms with Gasteiger partial charge in [0.15, 0.2) is 0 Å². The van der Waals surface area contributed by atoms with Crippen LogP contribution in [0.3, 0.4) is 0 Å². The number of amides is 1. The lowest BCUT2D eigenvalue weighted by atomic mass is 10.1. The van der Waals surface area contributed by atoms with E-state index in [9.17, 15) is 13.2 Å². The number of nitrogens with one attached hydrogen (secondary N) is 2. The lowest BCUT2D eigenvalue weighted by Gasteiger charge is -2.19. The van der Waals surface area contributed by atoms with E-state index in [2.05, 4.69) is 26.0 Å². The normalized spacial score (nSPS) is 12.3. The fourth-order valence-corrected chi connectivity index (χ4v) is 4.46. The highest BCUT2D eigenvalue weighted by Crippen LogP contribution is 2.15. The van der Waals surface area contributed by atoms with Crippen LogP contribution >= 0.6 is 15.9 Å². The molecule has 2 N–H and O–H groups in total. The van der Waals surface area contributed by atoms with Crippen LogP contribution in [0.2, 0.25) is 0 Å². The van der Waals surface area contributed by atoms with Crippen molar-refractivity contribution in [2.24, 2.45) is 0 Å². The van der Waals surface area contributed by atoms with Gasteiger partial charge in [0, 0.05) is 11.0 Å². The summed E-state index contributed by atoms with van der Waals surface area (Å²) in [7, 11) is -3.85. The smallest absolute Gasteiger partial charge is 0.241 e. The molecule has 0 aliphatic carbocycles. The molecule has 0 saturated carbocycles. The molecule has 0 aromatic heterocycles. The van der Waals surface area contributed by atoms with E-state index < -0.39 is 16.1 Å². The summed E-state index contributed by atoms with van der Waals surface area (Å²) in [6.07, 6.45) is 0.928. The van der Waals surface area contributed by atoms with Crippen molar-refractivity contribution >= 4 is 31.9 Å². The van der Waals surface area contributed by atoms with Gasteiger partial charge in [-0.15, -0.1) is 0 Å². The van der Waals surface area contributed by atoms with Crippen LogP contribution < -0.4 is 10.0 Å². The van der Waals surface area contributed by atoms with Crippen LogP contribution in [0.1, 0.15) is 11.1 Å². The third kappa shape index (κ3) is 6.52. The van der Waals surface area contributed by atoms with Crippen LogP contribution in [-0.2, 0) is 27.7 Å². The summed E-state index contributed by atoms with van der Waals surface area (Å²) in [5.41, 5.74) is 1.98. The summed E-state index contributed by atoms with van der Waals surface area (Å²) in [5.74, 6) is -0.351. The van der Waals surface area contributed by atoms with E-state index >= 15 is 0 Å². The minimum atomic E-state index is -3.85. The Labute approximate surface area is 185 Å². The Morgan fingerprint density at radius 3 is 2.00 bits per heavy atom. The highest BCUT2D eigenvalue weighted by atomic mass is 79.9. The predicted molar refractivity (Wildman–Crippen MR) is 122 cm³/mol. The van der Waals surface area contributed by atoms with Gasteiger partial charge in [-0.3, -0.25) is 4.79 Å². The Morgan fingerprint density at radius 1 is 0.833 bits per heavy atom. The van der Waals surface area contributed by atoms with Crippen LogP contribution in [0, 0.1) is 0 Å². The molecule has 30 heavy (non-hydrogen) atoms. The molecule has 0 aliphatic heterocycles. The number of rotatable bonds is 9. The van der Waals surface area contributed by atoms with E-state index in [0.29, 0.717) is 13.0 Å². The zero-order valence-corrected chi connectivity index (χ0v) is 18.7. The van der Waals surface area contributed by atoms with Gasteiger partial charge in [-0.05, 0) is 48.2 Å². The van der Waals surface area contributed by atoms with E-state index in [-0.39, 0.29) is 17.2 Å². The molecule has 7 heteroatoms. The van der Waals surface area contributed by atoms with Crippen LogP contribution in [-0.4, -0.2) is 26.9 Å². The van der Waals surface area contributed by atoms with Crippen LogP contribution in [0.25, 0.3) is 0 Å². The fourth-order valence-electron chi connectivity index (χ4n) is 3.00. The number of carbonyl (C=O) groups is 1. The van der Waals surface area contributed by atoms with Crippen LogP contribution in [0.4, 0.5) is 0 Å². The van der Waals surface area contributed by atoms with Crippen molar-refractivity contribution in [1.82, 2.24) is 10.0 Å². The van der Waals surface area contributed by atoms with E-state index in [1.165, 1.54) is 12.1 Å². The Bertz CT molecular complexity index is 1060. The maximum atomic E-state index is 12.9. The molecule has 0 radical (unpaired) electrons. The molecule has 0 bridgehead atoms. The maximum Gasteiger partial charge on any atom is 0.241 e. The van der Waals surface area contributed by atoms with Crippen LogP contribution in [0.5, 0.6) is 0 Å².